The number of hydrogen-bond acceptors (Lipinski definition) is 5. The van der Waals surface area contributed by atoms with Crippen molar-refractivity contribution in [3.8, 4) is 0 Å². The fraction of sp³-hybridized carbons (Fsp3) is 0.250. The SMILES string of the molecule is O=C(CN1CCC(N2C(=O)OCc3cc(Cl)ccc32)CC1)Nc1ccccc1C(=O)c1ccccc1. The summed E-state index contributed by atoms with van der Waals surface area (Å²) >= 11 is 6.11. The van der Waals surface area contributed by atoms with E-state index >= 15 is 0 Å². The molecule has 0 bridgehead atoms. The molecular formula is C28H26ClN3O4. The van der Waals surface area contributed by atoms with Gasteiger partial charge in [-0.25, -0.2) is 4.79 Å². The zero-order chi connectivity index (χ0) is 25.1. The van der Waals surface area contributed by atoms with E-state index in [2.05, 4.69) is 10.2 Å². The zero-order valence-electron chi connectivity index (χ0n) is 19.7. The number of halogens is 1. The van der Waals surface area contributed by atoms with Crippen LogP contribution in [0.5, 0.6) is 0 Å². The summed E-state index contributed by atoms with van der Waals surface area (Å²) in [7, 11) is 0. The van der Waals surface area contributed by atoms with E-state index in [1.807, 2.05) is 30.3 Å². The van der Waals surface area contributed by atoms with Crippen LogP contribution in [0.1, 0.15) is 34.3 Å². The van der Waals surface area contributed by atoms with Crippen LogP contribution in [0.15, 0.2) is 72.8 Å². The van der Waals surface area contributed by atoms with Crippen LogP contribution in [0.2, 0.25) is 5.02 Å². The molecule has 0 atom stereocenters. The predicted molar refractivity (Wildman–Crippen MR) is 139 cm³/mol. The lowest BCUT2D eigenvalue weighted by molar-refractivity contribution is -0.117. The number of nitrogens with one attached hydrogen (secondary N) is 1. The second-order valence-electron chi connectivity index (χ2n) is 8.99. The molecule has 2 aliphatic rings. The minimum absolute atomic E-state index is 0.0127. The average molecular weight is 504 g/mol. The maximum absolute atomic E-state index is 12.9. The van der Waals surface area contributed by atoms with Gasteiger partial charge in [-0.2, -0.15) is 0 Å². The lowest BCUT2D eigenvalue weighted by Gasteiger charge is -2.40. The van der Waals surface area contributed by atoms with E-state index in [-0.39, 0.29) is 37.0 Å². The van der Waals surface area contributed by atoms with E-state index in [1.165, 1.54) is 0 Å². The van der Waals surface area contributed by atoms with Gasteiger partial charge in [0.05, 0.1) is 17.9 Å². The number of carbonyl (C=O) groups excluding carboxylic acids is 3. The van der Waals surface area contributed by atoms with E-state index in [9.17, 15) is 14.4 Å². The quantitative estimate of drug-likeness (QED) is 0.472. The smallest absolute Gasteiger partial charge is 0.414 e. The largest absolute Gasteiger partial charge is 0.444 e. The Morgan fingerprint density at radius 2 is 1.69 bits per heavy atom. The van der Waals surface area contributed by atoms with Crippen LogP contribution in [0.3, 0.4) is 0 Å². The minimum atomic E-state index is -0.347. The molecule has 8 heteroatoms. The molecule has 1 saturated heterocycles. The number of para-hydroxylation sites is 1. The first-order valence-corrected chi connectivity index (χ1v) is 12.3. The van der Waals surface area contributed by atoms with Crippen LogP contribution in [0.4, 0.5) is 16.2 Å². The summed E-state index contributed by atoms with van der Waals surface area (Å²) in [6.07, 6.45) is 1.09. The molecule has 2 amide bonds. The van der Waals surface area contributed by atoms with E-state index in [1.54, 1.807) is 47.4 Å². The molecule has 7 nitrogen and oxygen atoms in total. The molecule has 0 unspecified atom stereocenters. The standard InChI is InChI=1S/C28H26ClN3O4/c29-21-10-11-25-20(16-21)18-36-28(35)32(25)22-12-14-31(15-13-22)17-26(33)30-24-9-5-4-8-23(24)27(34)19-6-2-1-3-7-19/h1-11,16,22H,12-15,17-18H2,(H,30,33). The molecule has 0 radical (unpaired) electrons. The minimum Gasteiger partial charge on any atom is -0.444 e. The van der Waals surface area contributed by atoms with E-state index in [0.717, 1.165) is 11.3 Å². The summed E-state index contributed by atoms with van der Waals surface area (Å²) in [5.74, 6) is -0.318. The third-order valence-corrected chi connectivity index (χ3v) is 6.86. The zero-order valence-corrected chi connectivity index (χ0v) is 20.4. The number of carbonyl (C=O) groups is 3. The molecule has 3 aromatic carbocycles. The van der Waals surface area contributed by atoms with Gasteiger partial charge >= 0.3 is 6.09 Å². The number of fused-ring (bicyclic) bond motifs is 1. The Balaban J connectivity index is 1.20. The number of benzene rings is 3. The molecule has 184 valence electrons. The molecule has 2 aliphatic heterocycles. The van der Waals surface area contributed by atoms with Gasteiger partial charge in [-0.3, -0.25) is 19.4 Å². The molecule has 36 heavy (non-hydrogen) atoms. The first-order valence-electron chi connectivity index (χ1n) is 11.9. The van der Waals surface area contributed by atoms with Gasteiger partial charge in [-0.15, -0.1) is 0 Å². The second kappa shape index (κ2) is 10.5. The number of ether oxygens (including phenoxy) is 1. The Bertz CT molecular complexity index is 1290. The Labute approximate surface area is 214 Å². The monoisotopic (exact) mass is 503 g/mol. The van der Waals surface area contributed by atoms with Crippen molar-refractivity contribution >= 4 is 40.8 Å². The number of piperidine rings is 1. The molecular weight excluding hydrogens is 478 g/mol. The summed E-state index contributed by atoms with van der Waals surface area (Å²) in [6.45, 7) is 1.75. The van der Waals surface area contributed by atoms with Crippen LogP contribution in [0, 0.1) is 0 Å². The molecule has 0 aromatic heterocycles. The Morgan fingerprint density at radius 3 is 2.47 bits per heavy atom. The van der Waals surface area contributed by atoms with Crippen molar-refractivity contribution < 1.29 is 19.1 Å². The first-order chi connectivity index (χ1) is 17.5. The van der Waals surface area contributed by atoms with E-state index in [0.29, 0.717) is 47.8 Å². The van der Waals surface area contributed by atoms with Crippen molar-refractivity contribution in [3.05, 3.63) is 94.5 Å². The number of ketones is 1. The summed E-state index contributed by atoms with van der Waals surface area (Å²) in [6, 6.07) is 21.5. The average Bonchev–Trinajstić information content (AvgIpc) is 2.90. The molecule has 0 saturated carbocycles. The topological polar surface area (TPSA) is 79.0 Å². The predicted octanol–water partition coefficient (Wildman–Crippen LogP) is 5.13. The first kappa shape index (κ1) is 24.0. The van der Waals surface area contributed by atoms with Crippen molar-refractivity contribution in [2.75, 3.05) is 29.9 Å². The normalized spacial score (nSPS) is 16.2. The Hall–Kier alpha value is -3.68. The molecule has 0 spiro atoms. The van der Waals surface area contributed by atoms with Crippen molar-refractivity contribution in [1.29, 1.82) is 0 Å². The summed E-state index contributed by atoms with van der Waals surface area (Å²) in [4.78, 5) is 42.1. The molecule has 3 aromatic rings. The van der Waals surface area contributed by atoms with Gasteiger partial charge in [0.25, 0.3) is 0 Å². The highest BCUT2D eigenvalue weighted by Crippen LogP contribution is 2.33. The number of hydrogen-bond donors (Lipinski definition) is 1. The lowest BCUT2D eigenvalue weighted by Crippen LogP contribution is -2.50. The van der Waals surface area contributed by atoms with Crippen molar-refractivity contribution in [3.63, 3.8) is 0 Å². The van der Waals surface area contributed by atoms with Gasteiger partial charge in [0.2, 0.25) is 5.91 Å². The molecule has 0 aliphatic carbocycles. The van der Waals surface area contributed by atoms with Crippen LogP contribution in [-0.2, 0) is 16.1 Å². The number of amides is 2. The van der Waals surface area contributed by atoms with E-state index in [4.69, 9.17) is 16.3 Å². The van der Waals surface area contributed by atoms with Gasteiger partial charge in [0.15, 0.2) is 5.78 Å². The summed E-state index contributed by atoms with van der Waals surface area (Å²) in [5.41, 5.74) is 3.26. The number of anilines is 2. The van der Waals surface area contributed by atoms with Gasteiger partial charge in [0, 0.05) is 40.8 Å². The van der Waals surface area contributed by atoms with Gasteiger partial charge in [0.1, 0.15) is 6.61 Å². The molecule has 1 fully saturated rings. The van der Waals surface area contributed by atoms with Crippen molar-refractivity contribution in [2.45, 2.75) is 25.5 Å². The van der Waals surface area contributed by atoms with E-state index < -0.39 is 0 Å². The van der Waals surface area contributed by atoms with Gasteiger partial charge in [-0.1, -0.05) is 54.1 Å². The lowest BCUT2D eigenvalue weighted by atomic mass is 10.0. The van der Waals surface area contributed by atoms with Crippen molar-refractivity contribution in [2.24, 2.45) is 0 Å². The number of nitrogens with zero attached hydrogens (tertiary/aromatic N) is 2. The number of rotatable bonds is 6. The third kappa shape index (κ3) is 5.12. The number of cyclic esters (lactones) is 1. The third-order valence-electron chi connectivity index (χ3n) is 6.62. The highest BCUT2D eigenvalue weighted by Gasteiger charge is 2.34. The molecule has 2 heterocycles. The summed E-state index contributed by atoms with van der Waals surface area (Å²) in [5, 5.41) is 3.52. The fourth-order valence-corrected chi connectivity index (χ4v) is 5.02. The van der Waals surface area contributed by atoms with Gasteiger partial charge in [-0.05, 0) is 43.2 Å². The second-order valence-corrected chi connectivity index (χ2v) is 9.43. The molecule has 1 N–H and O–H groups in total. The molecule has 5 rings (SSSR count). The fourth-order valence-electron chi connectivity index (χ4n) is 4.82. The maximum Gasteiger partial charge on any atom is 0.414 e. The van der Waals surface area contributed by atoms with Gasteiger partial charge < -0.3 is 10.1 Å². The highest BCUT2D eigenvalue weighted by molar-refractivity contribution is 6.30. The number of likely N-dealkylation sites (tertiary alicyclic amines) is 1. The van der Waals surface area contributed by atoms with Crippen LogP contribution in [-0.4, -0.2) is 48.4 Å². The van der Waals surface area contributed by atoms with Crippen LogP contribution >= 0.6 is 11.6 Å². The van der Waals surface area contributed by atoms with Crippen LogP contribution in [0.25, 0.3) is 0 Å². The Morgan fingerprint density at radius 1 is 0.972 bits per heavy atom. The van der Waals surface area contributed by atoms with Crippen molar-refractivity contribution in [1.82, 2.24) is 4.90 Å². The highest BCUT2D eigenvalue weighted by atomic mass is 35.5. The Kier molecular flexibility index (Phi) is 7.02. The summed E-state index contributed by atoms with van der Waals surface area (Å²) < 4.78 is 5.37. The van der Waals surface area contributed by atoms with Crippen LogP contribution < -0.4 is 10.2 Å². The maximum atomic E-state index is 12.9.